The van der Waals surface area contributed by atoms with Gasteiger partial charge in [-0.3, -0.25) is 9.78 Å². The molecule has 33 heavy (non-hydrogen) atoms. The van der Waals surface area contributed by atoms with Gasteiger partial charge in [0.25, 0.3) is 0 Å². The number of carbonyl (C=O) groups is 1. The normalized spacial score (nSPS) is 10.9. The van der Waals surface area contributed by atoms with Crippen molar-refractivity contribution in [2.75, 3.05) is 4.90 Å². The van der Waals surface area contributed by atoms with Gasteiger partial charge < -0.3 is 15.2 Å². The van der Waals surface area contributed by atoms with Crippen molar-refractivity contribution in [2.24, 2.45) is 5.73 Å². The fraction of sp³-hybridized carbons (Fsp3) is 0.200. The average Bonchev–Trinajstić information content (AvgIpc) is 3.45. The van der Waals surface area contributed by atoms with Crippen LogP contribution in [0.2, 0.25) is 0 Å². The number of pyridine rings is 1. The molecule has 172 valence electrons. The third-order valence-electron chi connectivity index (χ3n) is 4.30. The van der Waals surface area contributed by atoms with Crippen LogP contribution in [-0.4, -0.2) is 31.5 Å². The van der Waals surface area contributed by atoms with Crippen LogP contribution < -0.4 is 10.6 Å². The molecule has 4 aromatic rings. The molecule has 0 bridgehead atoms. The second-order valence-electron chi connectivity index (χ2n) is 6.54. The van der Waals surface area contributed by atoms with E-state index in [1.165, 1.54) is 11.3 Å². The second kappa shape index (κ2) is 10.2. The van der Waals surface area contributed by atoms with Gasteiger partial charge >= 0.3 is 12.1 Å². The summed E-state index contributed by atoms with van der Waals surface area (Å²) in [5.41, 5.74) is 6.12. The molecule has 4 aromatic heterocycles. The minimum Gasteiger partial charge on any atom is -0.372 e. The number of nitrogens with two attached hydrogens (primary N) is 1. The molecule has 0 aliphatic rings. The Bertz CT molecular complexity index is 1210. The summed E-state index contributed by atoms with van der Waals surface area (Å²) in [6.45, 7) is 4.29. The Kier molecular flexibility index (Phi) is 7.33. The van der Waals surface area contributed by atoms with Crippen LogP contribution in [0.25, 0.3) is 10.7 Å². The molecule has 0 atom stereocenters. The molecule has 2 N–H and O–H groups in total. The van der Waals surface area contributed by atoms with Crippen molar-refractivity contribution in [1.29, 1.82) is 0 Å². The van der Waals surface area contributed by atoms with E-state index >= 15 is 0 Å². The first kappa shape index (κ1) is 23.8. The van der Waals surface area contributed by atoms with Crippen LogP contribution in [-0.2, 0) is 17.5 Å². The zero-order chi connectivity index (χ0) is 24.0. The minimum atomic E-state index is -4.68. The fourth-order valence-corrected chi connectivity index (χ4v) is 3.58. The Hall–Kier alpha value is -3.87. The topological polar surface area (TPSA) is 124 Å². The summed E-state index contributed by atoms with van der Waals surface area (Å²) in [4.78, 5) is 28.4. The summed E-state index contributed by atoms with van der Waals surface area (Å²) >= 11 is 1.26. The average molecular weight is 477 g/mol. The molecule has 0 saturated heterocycles. The number of alkyl halides is 3. The maximum absolute atomic E-state index is 12.7. The number of carbonyl (C=O) groups excluding carboxylic acids is 1. The van der Waals surface area contributed by atoms with E-state index in [1.807, 2.05) is 30.9 Å². The molecule has 13 heteroatoms. The molecule has 4 rings (SSSR count). The monoisotopic (exact) mass is 477 g/mol. The van der Waals surface area contributed by atoms with Gasteiger partial charge in [-0.2, -0.15) is 18.2 Å². The first-order valence-corrected chi connectivity index (χ1v) is 10.2. The van der Waals surface area contributed by atoms with Crippen LogP contribution in [0.3, 0.4) is 0 Å². The predicted octanol–water partition coefficient (Wildman–Crippen LogP) is 4.06. The lowest BCUT2D eigenvalue weighted by atomic mass is 10.2. The third-order valence-corrected chi connectivity index (χ3v) is 5.37. The van der Waals surface area contributed by atoms with Gasteiger partial charge in [0.15, 0.2) is 5.82 Å². The lowest BCUT2D eigenvalue weighted by Crippen LogP contribution is -2.18. The highest BCUT2D eigenvalue weighted by Gasteiger charge is 2.38. The van der Waals surface area contributed by atoms with Crippen LogP contribution in [0.5, 0.6) is 0 Å². The number of anilines is 2. The van der Waals surface area contributed by atoms with E-state index in [0.29, 0.717) is 23.1 Å². The first-order valence-electron chi connectivity index (χ1n) is 9.36. The van der Waals surface area contributed by atoms with Gasteiger partial charge in [-0.05, 0) is 37.6 Å². The number of amides is 1. The number of primary amides is 1. The van der Waals surface area contributed by atoms with E-state index in [2.05, 4.69) is 35.3 Å². The van der Waals surface area contributed by atoms with E-state index in [-0.39, 0.29) is 12.2 Å². The second-order valence-corrected chi connectivity index (χ2v) is 7.71. The van der Waals surface area contributed by atoms with Gasteiger partial charge in [0, 0.05) is 23.0 Å². The van der Waals surface area contributed by atoms with Crippen molar-refractivity contribution in [3.63, 3.8) is 0 Å². The summed E-state index contributed by atoms with van der Waals surface area (Å²) in [5.74, 6) is -0.184. The molecule has 0 aliphatic heterocycles. The van der Waals surface area contributed by atoms with Crippen LogP contribution in [0.15, 0.2) is 47.4 Å². The number of aromatic nitrogens is 5. The molecular formula is C20H18F3N7O2S. The van der Waals surface area contributed by atoms with Gasteiger partial charge in [0.1, 0.15) is 5.82 Å². The zero-order valence-electron chi connectivity index (χ0n) is 17.4. The Morgan fingerprint density at radius 3 is 2.48 bits per heavy atom. The number of hydrogen-bond donors (Lipinski definition) is 1. The summed E-state index contributed by atoms with van der Waals surface area (Å²) in [5, 5.41) is 3.44. The Morgan fingerprint density at radius 1 is 1.12 bits per heavy atom. The van der Waals surface area contributed by atoms with Gasteiger partial charge in [-0.25, -0.2) is 9.97 Å². The van der Waals surface area contributed by atoms with Crippen LogP contribution >= 0.6 is 11.3 Å². The van der Waals surface area contributed by atoms with Crippen molar-refractivity contribution in [1.82, 2.24) is 25.1 Å². The fourth-order valence-electron chi connectivity index (χ4n) is 2.66. The molecule has 0 saturated carbocycles. The molecule has 0 aliphatic carbocycles. The van der Waals surface area contributed by atoms with E-state index in [4.69, 9.17) is 4.79 Å². The highest BCUT2D eigenvalue weighted by Crippen LogP contribution is 2.33. The highest BCUT2D eigenvalue weighted by atomic mass is 32.1. The number of rotatable bonds is 5. The molecule has 9 nitrogen and oxygen atoms in total. The maximum atomic E-state index is 12.7. The van der Waals surface area contributed by atoms with E-state index in [9.17, 15) is 13.2 Å². The molecular weight excluding hydrogens is 459 g/mol. The van der Waals surface area contributed by atoms with Crippen LogP contribution in [0.4, 0.5) is 24.8 Å². The van der Waals surface area contributed by atoms with Crippen LogP contribution in [0.1, 0.15) is 22.0 Å². The lowest BCUT2D eigenvalue weighted by Gasteiger charge is -2.22. The lowest BCUT2D eigenvalue weighted by molar-refractivity contribution is -0.159. The van der Waals surface area contributed by atoms with E-state index in [1.54, 1.807) is 30.7 Å². The number of nitrogens with zero attached hydrogens (tertiary/aromatic N) is 6. The molecule has 0 aromatic carbocycles. The van der Waals surface area contributed by atoms with Crippen molar-refractivity contribution >= 4 is 29.4 Å². The zero-order valence-corrected chi connectivity index (χ0v) is 18.3. The minimum absolute atomic E-state index is 0.103. The summed E-state index contributed by atoms with van der Waals surface area (Å²) in [6, 6.07) is 7.32. The van der Waals surface area contributed by atoms with Gasteiger partial charge in [-0.1, -0.05) is 11.2 Å². The smallest absolute Gasteiger partial charge is 0.372 e. The number of hydrogen-bond acceptors (Lipinski definition) is 9. The predicted molar refractivity (Wildman–Crippen MR) is 114 cm³/mol. The first-order chi connectivity index (χ1) is 15.7. The van der Waals surface area contributed by atoms with Crippen LogP contribution in [0, 0.1) is 13.8 Å². The maximum Gasteiger partial charge on any atom is 0.471 e. The Balaban J connectivity index is 0.000000968. The summed E-state index contributed by atoms with van der Waals surface area (Å²) in [7, 11) is 0. The molecule has 4 heterocycles. The summed E-state index contributed by atoms with van der Waals surface area (Å²) in [6.07, 6.45) is 0.359. The van der Waals surface area contributed by atoms with E-state index < -0.39 is 12.1 Å². The SMILES string of the molecule is Cc1ccc(N(Cc2ccc(-c3noc(C(F)(F)F)n3)s2)c2cnccn2)nc1C.NC=O. The van der Waals surface area contributed by atoms with Gasteiger partial charge in [0.05, 0.1) is 17.6 Å². The quantitative estimate of drug-likeness (QED) is 0.427. The molecule has 1 amide bonds. The standard InChI is InChI=1S/C19H15F3N6OS.CH3NO/c1-11-3-6-15(25-12(11)2)28(16-9-23-7-8-24-16)10-13-4-5-14(30-13)17-26-18(29-27-17)19(20,21)22;2-1-3/h3-9H,10H2,1-2H3;1H,(H2,2,3). The largest absolute Gasteiger partial charge is 0.471 e. The van der Waals surface area contributed by atoms with E-state index in [0.717, 1.165) is 16.1 Å². The molecule has 0 radical (unpaired) electrons. The molecule has 0 fully saturated rings. The molecule has 0 unspecified atom stereocenters. The van der Waals surface area contributed by atoms with Crippen molar-refractivity contribution in [3.05, 3.63) is 64.9 Å². The molecule has 0 spiro atoms. The van der Waals surface area contributed by atoms with Gasteiger partial charge in [-0.15, -0.1) is 11.3 Å². The van der Waals surface area contributed by atoms with Crippen molar-refractivity contribution in [2.45, 2.75) is 26.6 Å². The Morgan fingerprint density at radius 2 is 1.88 bits per heavy atom. The number of halogens is 3. The Labute approximate surface area is 190 Å². The van der Waals surface area contributed by atoms with Crippen molar-refractivity contribution < 1.29 is 22.5 Å². The van der Waals surface area contributed by atoms with Gasteiger partial charge in [0.2, 0.25) is 12.2 Å². The summed E-state index contributed by atoms with van der Waals surface area (Å²) < 4.78 is 42.5. The number of aryl methyl sites for hydroxylation is 2. The number of thiophene rings is 1. The van der Waals surface area contributed by atoms with Crippen molar-refractivity contribution in [3.8, 4) is 10.7 Å². The third kappa shape index (κ3) is 5.88. The highest BCUT2D eigenvalue weighted by molar-refractivity contribution is 7.15.